The highest BCUT2D eigenvalue weighted by Crippen LogP contribution is 2.34. The zero-order valence-electron chi connectivity index (χ0n) is 9.08. The Morgan fingerprint density at radius 3 is 2.71 bits per heavy atom. The molecular formula is C12H12Cl2O3. The molecule has 0 bridgehead atoms. The summed E-state index contributed by atoms with van der Waals surface area (Å²) in [6.07, 6.45) is 0.946. The van der Waals surface area contributed by atoms with Gasteiger partial charge in [-0.2, -0.15) is 0 Å². The molecule has 1 saturated heterocycles. The third kappa shape index (κ3) is 2.57. The second-order valence-corrected chi connectivity index (χ2v) is 5.13. The molecule has 0 aromatic heterocycles. The van der Waals surface area contributed by atoms with Gasteiger partial charge in [0.05, 0.1) is 22.1 Å². The summed E-state index contributed by atoms with van der Waals surface area (Å²) in [7, 11) is 0. The van der Waals surface area contributed by atoms with Crippen molar-refractivity contribution in [3.05, 3.63) is 33.8 Å². The van der Waals surface area contributed by atoms with E-state index < -0.39 is 11.4 Å². The molecule has 1 heterocycles. The summed E-state index contributed by atoms with van der Waals surface area (Å²) in [5.41, 5.74) is 0.0456. The van der Waals surface area contributed by atoms with Crippen LogP contribution in [0.25, 0.3) is 0 Å². The number of carboxylic acids is 1. The molecule has 0 radical (unpaired) electrons. The monoisotopic (exact) mass is 274 g/mol. The smallest absolute Gasteiger partial charge is 0.312 e. The Hall–Kier alpha value is -0.770. The van der Waals surface area contributed by atoms with Crippen LogP contribution >= 0.6 is 23.2 Å². The lowest BCUT2D eigenvalue weighted by Crippen LogP contribution is -2.33. The number of carbonyl (C=O) groups is 1. The average molecular weight is 275 g/mol. The first-order valence-corrected chi connectivity index (χ1v) is 6.04. The summed E-state index contributed by atoms with van der Waals surface area (Å²) < 4.78 is 5.21. The van der Waals surface area contributed by atoms with E-state index in [1.54, 1.807) is 18.2 Å². The molecular weight excluding hydrogens is 263 g/mol. The molecule has 0 amide bonds. The molecule has 5 heteroatoms. The summed E-state index contributed by atoms with van der Waals surface area (Å²) in [6, 6.07) is 5.20. The molecule has 92 valence electrons. The molecule has 1 aromatic rings. The van der Waals surface area contributed by atoms with Crippen molar-refractivity contribution in [2.45, 2.75) is 12.8 Å². The van der Waals surface area contributed by atoms with Gasteiger partial charge in [0.25, 0.3) is 0 Å². The largest absolute Gasteiger partial charge is 0.481 e. The molecule has 1 aliphatic heterocycles. The number of benzene rings is 1. The zero-order chi connectivity index (χ0) is 12.5. The number of ether oxygens (including phenoxy) is 1. The lowest BCUT2D eigenvalue weighted by atomic mass is 9.81. The van der Waals surface area contributed by atoms with Crippen LogP contribution in [0.15, 0.2) is 18.2 Å². The topological polar surface area (TPSA) is 46.5 Å². The Balaban J connectivity index is 2.23. The third-order valence-corrected chi connectivity index (χ3v) is 3.82. The number of carboxylic acid groups (broad SMARTS) is 1. The van der Waals surface area contributed by atoms with Crippen LogP contribution in [0, 0.1) is 5.41 Å². The van der Waals surface area contributed by atoms with Gasteiger partial charge in [-0.15, -0.1) is 0 Å². The van der Waals surface area contributed by atoms with E-state index >= 15 is 0 Å². The van der Waals surface area contributed by atoms with E-state index in [2.05, 4.69) is 0 Å². The number of aliphatic carboxylic acids is 1. The standard InChI is InChI=1S/C12H12Cl2O3/c13-9-2-1-8(5-10(9)14)6-12(11(15)16)3-4-17-7-12/h1-2,5H,3-4,6-7H2,(H,15,16). The van der Waals surface area contributed by atoms with Crippen LogP contribution in [-0.4, -0.2) is 24.3 Å². The summed E-state index contributed by atoms with van der Waals surface area (Å²) in [4.78, 5) is 11.3. The Kier molecular flexibility index (Phi) is 3.61. The first-order valence-electron chi connectivity index (χ1n) is 5.29. The van der Waals surface area contributed by atoms with Crippen molar-refractivity contribution in [1.29, 1.82) is 0 Å². The van der Waals surface area contributed by atoms with E-state index in [4.69, 9.17) is 27.9 Å². The SMILES string of the molecule is O=C(O)C1(Cc2ccc(Cl)c(Cl)c2)CCOC1. The van der Waals surface area contributed by atoms with E-state index in [1.807, 2.05) is 0 Å². The van der Waals surface area contributed by atoms with Gasteiger partial charge in [-0.05, 0) is 30.5 Å². The predicted octanol–water partition coefficient (Wildman–Crippen LogP) is 3.03. The van der Waals surface area contributed by atoms with Crippen molar-refractivity contribution in [2.24, 2.45) is 5.41 Å². The maximum atomic E-state index is 11.3. The minimum atomic E-state index is -0.822. The van der Waals surface area contributed by atoms with Crippen LogP contribution in [0.5, 0.6) is 0 Å². The normalized spacial score (nSPS) is 23.9. The molecule has 3 nitrogen and oxygen atoms in total. The summed E-state index contributed by atoms with van der Waals surface area (Å²) in [5.74, 6) is -0.818. The fourth-order valence-electron chi connectivity index (χ4n) is 2.03. The molecule has 1 unspecified atom stereocenters. The number of hydrogen-bond acceptors (Lipinski definition) is 2. The minimum Gasteiger partial charge on any atom is -0.481 e. The van der Waals surface area contributed by atoms with Crippen molar-refractivity contribution in [3.8, 4) is 0 Å². The van der Waals surface area contributed by atoms with Gasteiger partial charge < -0.3 is 9.84 Å². The van der Waals surface area contributed by atoms with Crippen LogP contribution in [0.2, 0.25) is 10.0 Å². The van der Waals surface area contributed by atoms with Gasteiger partial charge in [0.1, 0.15) is 0 Å². The van der Waals surface area contributed by atoms with Gasteiger partial charge in [-0.3, -0.25) is 4.79 Å². The van der Waals surface area contributed by atoms with Gasteiger partial charge in [0.2, 0.25) is 0 Å². The lowest BCUT2D eigenvalue weighted by molar-refractivity contribution is -0.148. The van der Waals surface area contributed by atoms with Gasteiger partial charge in [0, 0.05) is 6.61 Å². The third-order valence-electron chi connectivity index (χ3n) is 3.08. The molecule has 2 rings (SSSR count). The van der Waals surface area contributed by atoms with Crippen molar-refractivity contribution < 1.29 is 14.6 Å². The Morgan fingerprint density at radius 1 is 1.41 bits per heavy atom. The van der Waals surface area contributed by atoms with Crippen molar-refractivity contribution in [2.75, 3.05) is 13.2 Å². The van der Waals surface area contributed by atoms with Crippen molar-refractivity contribution in [3.63, 3.8) is 0 Å². The second kappa shape index (κ2) is 4.84. The zero-order valence-corrected chi connectivity index (χ0v) is 10.6. The maximum absolute atomic E-state index is 11.3. The van der Waals surface area contributed by atoms with E-state index in [9.17, 15) is 9.90 Å². The van der Waals surface area contributed by atoms with Crippen LogP contribution in [-0.2, 0) is 16.0 Å². The van der Waals surface area contributed by atoms with E-state index in [-0.39, 0.29) is 6.61 Å². The Morgan fingerprint density at radius 2 is 2.18 bits per heavy atom. The number of rotatable bonds is 3. The van der Waals surface area contributed by atoms with Gasteiger partial charge in [-0.1, -0.05) is 29.3 Å². The second-order valence-electron chi connectivity index (χ2n) is 4.31. The van der Waals surface area contributed by atoms with Gasteiger partial charge in [0.15, 0.2) is 0 Å². The molecule has 1 fully saturated rings. The van der Waals surface area contributed by atoms with Crippen molar-refractivity contribution in [1.82, 2.24) is 0 Å². The summed E-state index contributed by atoms with van der Waals surface area (Å²) in [5, 5.41) is 10.2. The van der Waals surface area contributed by atoms with Crippen LogP contribution in [0.4, 0.5) is 0 Å². The highest BCUT2D eigenvalue weighted by atomic mass is 35.5. The van der Waals surface area contributed by atoms with Gasteiger partial charge >= 0.3 is 5.97 Å². The van der Waals surface area contributed by atoms with E-state index in [1.165, 1.54) is 0 Å². The van der Waals surface area contributed by atoms with Gasteiger partial charge in [-0.25, -0.2) is 0 Å². The Labute approximate surface area is 109 Å². The van der Waals surface area contributed by atoms with Crippen LogP contribution in [0.1, 0.15) is 12.0 Å². The van der Waals surface area contributed by atoms with Crippen molar-refractivity contribution >= 4 is 29.2 Å². The molecule has 17 heavy (non-hydrogen) atoms. The summed E-state index contributed by atoms with van der Waals surface area (Å²) >= 11 is 11.7. The molecule has 1 N–H and O–H groups in total. The highest BCUT2D eigenvalue weighted by molar-refractivity contribution is 6.42. The van der Waals surface area contributed by atoms with Crippen LogP contribution in [0.3, 0.4) is 0 Å². The summed E-state index contributed by atoms with van der Waals surface area (Å²) in [6.45, 7) is 0.746. The first-order chi connectivity index (χ1) is 8.03. The number of hydrogen-bond donors (Lipinski definition) is 1. The molecule has 0 spiro atoms. The van der Waals surface area contributed by atoms with Crippen LogP contribution < -0.4 is 0 Å². The molecule has 0 aliphatic carbocycles. The van der Waals surface area contributed by atoms with E-state index in [0.717, 1.165) is 5.56 Å². The lowest BCUT2D eigenvalue weighted by Gasteiger charge is -2.22. The molecule has 0 saturated carbocycles. The average Bonchev–Trinajstić information content (AvgIpc) is 2.73. The molecule has 1 aliphatic rings. The molecule has 1 aromatic carbocycles. The molecule has 1 atom stereocenters. The maximum Gasteiger partial charge on any atom is 0.312 e. The Bertz CT molecular complexity index is 439. The minimum absolute atomic E-state index is 0.253. The quantitative estimate of drug-likeness (QED) is 0.922. The fourth-order valence-corrected chi connectivity index (χ4v) is 2.35. The first kappa shape index (κ1) is 12.7. The van der Waals surface area contributed by atoms with E-state index in [0.29, 0.717) is 29.5 Å². The highest BCUT2D eigenvalue weighted by Gasteiger charge is 2.42. The predicted molar refractivity (Wildman–Crippen MR) is 65.7 cm³/mol. The number of halogens is 2. The fraction of sp³-hybridized carbons (Fsp3) is 0.417.